The molecule has 6 aliphatic rings. The van der Waals surface area contributed by atoms with Crippen molar-refractivity contribution in [2.75, 3.05) is 0 Å². The zero-order valence-electron chi connectivity index (χ0n) is 27.1. The fraction of sp³-hybridized carbons (Fsp3) is 0.302. The van der Waals surface area contributed by atoms with E-state index >= 15 is 0 Å². The molecule has 1 N–H and O–H groups in total. The van der Waals surface area contributed by atoms with Crippen LogP contribution < -0.4 is 5.32 Å². The molecule has 228 valence electrons. The second-order valence-corrected chi connectivity index (χ2v) is 13.2. The monoisotopic (exact) mass is 590 g/mol. The van der Waals surface area contributed by atoms with Crippen molar-refractivity contribution in [2.45, 2.75) is 71.8 Å². The van der Waals surface area contributed by atoms with Crippen LogP contribution in [0.15, 0.2) is 166 Å². The highest BCUT2D eigenvalue weighted by molar-refractivity contribution is 5.81. The van der Waals surface area contributed by atoms with Gasteiger partial charge in [0.2, 0.25) is 0 Å². The average Bonchev–Trinajstić information content (AvgIpc) is 3.39. The summed E-state index contributed by atoms with van der Waals surface area (Å²) < 4.78 is 0. The molecule has 1 aromatic rings. The normalized spacial score (nSPS) is 26.4. The van der Waals surface area contributed by atoms with E-state index in [4.69, 9.17) is 0 Å². The summed E-state index contributed by atoms with van der Waals surface area (Å²) in [5.74, 6) is 1.04. The van der Waals surface area contributed by atoms with Crippen LogP contribution in [0.4, 0.5) is 0 Å². The van der Waals surface area contributed by atoms with Gasteiger partial charge >= 0.3 is 0 Å². The van der Waals surface area contributed by atoms with Gasteiger partial charge in [-0.25, -0.2) is 0 Å². The Bertz CT molecular complexity index is 1720. The molecule has 1 aromatic carbocycles. The quantitative estimate of drug-likeness (QED) is 0.318. The highest BCUT2D eigenvalue weighted by Gasteiger charge is 2.40. The number of hydrogen-bond acceptors (Lipinski definition) is 2. The standard InChI is InChI=1S/C43H46N2/c1-4-32(37-23-21-35(27-31(37)3)33-14-8-5-9-15-33)24-25-44-41-29-43-40(28-39(41)34-16-10-6-11-17-34)38-22-20-30(2)26-42(38)45(43)36-18-12-7-13-19-36/h4,6,8,10-12,14-25,28,30-31,43-44H,5,7,9,13,26-27,29H2,1-3H3/b25-24+,32-4+. The molecular formula is C43H46N2. The summed E-state index contributed by atoms with van der Waals surface area (Å²) in [4.78, 5) is 2.66. The summed E-state index contributed by atoms with van der Waals surface area (Å²) >= 11 is 0. The lowest BCUT2D eigenvalue weighted by Gasteiger charge is -2.35. The Hall–Kier alpha value is -4.30. The Morgan fingerprint density at radius 2 is 1.69 bits per heavy atom. The first-order valence-corrected chi connectivity index (χ1v) is 17.1. The van der Waals surface area contributed by atoms with Crippen LogP contribution in [0.1, 0.15) is 71.3 Å². The molecule has 0 radical (unpaired) electrons. The van der Waals surface area contributed by atoms with Crippen molar-refractivity contribution < 1.29 is 0 Å². The molecule has 3 unspecified atom stereocenters. The third-order valence-electron chi connectivity index (χ3n) is 10.1. The molecule has 0 fully saturated rings. The zero-order valence-corrected chi connectivity index (χ0v) is 27.1. The van der Waals surface area contributed by atoms with E-state index in [1.54, 1.807) is 0 Å². The number of nitrogens with zero attached hydrogens (tertiary/aromatic N) is 1. The van der Waals surface area contributed by atoms with Gasteiger partial charge in [0.25, 0.3) is 0 Å². The minimum atomic E-state index is 0.302. The van der Waals surface area contributed by atoms with Gasteiger partial charge in [-0.3, -0.25) is 0 Å². The summed E-state index contributed by atoms with van der Waals surface area (Å²) in [5.41, 5.74) is 15.2. The van der Waals surface area contributed by atoms with Gasteiger partial charge in [0, 0.05) is 35.3 Å². The Balaban J connectivity index is 1.20. The fourth-order valence-electron chi connectivity index (χ4n) is 7.78. The minimum absolute atomic E-state index is 0.302. The van der Waals surface area contributed by atoms with Crippen LogP contribution in [0, 0.1) is 11.8 Å². The first-order valence-electron chi connectivity index (χ1n) is 17.1. The van der Waals surface area contributed by atoms with Crippen LogP contribution in [0.25, 0.3) is 5.57 Å². The van der Waals surface area contributed by atoms with Gasteiger partial charge in [-0.05, 0) is 115 Å². The van der Waals surface area contributed by atoms with E-state index in [-0.39, 0.29) is 0 Å². The van der Waals surface area contributed by atoms with E-state index in [2.05, 4.69) is 147 Å². The first-order chi connectivity index (χ1) is 22.1. The van der Waals surface area contributed by atoms with E-state index in [0.717, 1.165) is 44.9 Å². The van der Waals surface area contributed by atoms with Gasteiger partial charge in [0.1, 0.15) is 0 Å². The second kappa shape index (κ2) is 13.0. The maximum absolute atomic E-state index is 3.83. The molecule has 7 rings (SSSR count). The Kier molecular flexibility index (Phi) is 8.48. The molecular weight excluding hydrogens is 544 g/mol. The highest BCUT2D eigenvalue weighted by atomic mass is 15.2. The smallest absolute Gasteiger partial charge is 0.0650 e. The Labute approximate surface area is 270 Å². The molecule has 5 aliphatic carbocycles. The summed E-state index contributed by atoms with van der Waals surface area (Å²) in [6, 6.07) is 11.2. The summed E-state index contributed by atoms with van der Waals surface area (Å²) in [6.45, 7) is 6.87. The fourth-order valence-corrected chi connectivity index (χ4v) is 7.78. The molecule has 0 saturated heterocycles. The van der Waals surface area contributed by atoms with Crippen LogP contribution in [0.5, 0.6) is 0 Å². The van der Waals surface area contributed by atoms with Crippen LogP contribution in [0.2, 0.25) is 0 Å². The second-order valence-electron chi connectivity index (χ2n) is 13.2. The predicted molar refractivity (Wildman–Crippen MR) is 191 cm³/mol. The minimum Gasteiger partial charge on any atom is -0.364 e. The molecule has 1 aliphatic heterocycles. The Morgan fingerprint density at radius 3 is 2.42 bits per heavy atom. The van der Waals surface area contributed by atoms with E-state index in [0.29, 0.717) is 17.9 Å². The van der Waals surface area contributed by atoms with Gasteiger partial charge in [-0.15, -0.1) is 0 Å². The maximum atomic E-state index is 3.83. The molecule has 1 heterocycles. The third-order valence-corrected chi connectivity index (χ3v) is 10.1. The summed E-state index contributed by atoms with van der Waals surface area (Å²) in [7, 11) is 0. The van der Waals surface area contributed by atoms with Crippen LogP contribution in [0.3, 0.4) is 0 Å². The van der Waals surface area contributed by atoms with Gasteiger partial charge < -0.3 is 10.2 Å². The number of allylic oxidation sites excluding steroid dienone is 19. The van der Waals surface area contributed by atoms with E-state index in [9.17, 15) is 0 Å². The van der Waals surface area contributed by atoms with Crippen molar-refractivity contribution in [1.29, 1.82) is 0 Å². The average molecular weight is 591 g/mol. The van der Waals surface area contributed by atoms with Crippen molar-refractivity contribution in [1.82, 2.24) is 10.2 Å². The van der Waals surface area contributed by atoms with Gasteiger partial charge in [-0.1, -0.05) is 105 Å². The lowest BCUT2D eigenvalue weighted by atomic mass is 9.81. The summed E-state index contributed by atoms with van der Waals surface area (Å²) in [5, 5.41) is 3.83. The lowest BCUT2D eigenvalue weighted by molar-refractivity contribution is 0.355. The molecule has 0 bridgehead atoms. The SMILES string of the molecule is C/C=C(\C=C\NC1=C(c2ccccc2)C=C2C3=C(CC(C)C=C3)N(C3=CCCC=C3)C2C1)C1=CC=C(C2=CCCC=C2)CC1C. The lowest BCUT2D eigenvalue weighted by Crippen LogP contribution is -2.34. The van der Waals surface area contributed by atoms with Crippen LogP contribution >= 0.6 is 0 Å². The maximum Gasteiger partial charge on any atom is 0.0650 e. The van der Waals surface area contributed by atoms with Gasteiger partial charge in [0.15, 0.2) is 0 Å². The zero-order chi connectivity index (χ0) is 30.8. The van der Waals surface area contributed by atoms with E-state index in [1.807, 2.05) is 0 Å². The molecule has 2 heteroatoms. The number of benzene rings is 1. The van der Waals surface area contributed by atoms with Crippen LogP contribution in [-0.2, 0) is 0 Å². The van der Waals surface area contributed by atoms with Gasteiger partial charge in [-0.2, -0.15) is 0 Å². The molecule has 45 heavy (non-hydrogen) atoms. The highest BCUT2D eigenvalue weighted by Crippen LogP contribution is 2.48. The molecule has 2 nitrogen and oxygen atoms in total. The van der Waals surface area contributed by atoms with Crippen molar-refractivity contribution >= 4 is 5.57 Å². The number of hydrogen-bond donors (Lipinski definition) is 1. The van der Waals surface area contributed by atoms with E-state index < -0.39 is 0 Å². The number of fused-ring (bicyclic) bond motifs is 2. The van der Waals surface area contributed by atoms with Gasteiger partial charge in [0.05, 0.1) is 6.04 Å². The van der Waals surface area contributed by atoms with Crippen molar-refractivity contribution in [3.63, 3.8) is 0 Å². The molecule has 0 aromatic heterocycles. The predicted octanol–water partition coefficient (Wildman–Crippen LogP) is 10.7. The van der Waals surface area contributed by atoms with Crippen molar-refractivity contribution in [3.05, 3.63) is 172 Å². The molecule has 0 spiro atoms. The molecule has 0 saturated carbocycles. The molecule has 3 atom stereocenters. The van der Waals surface area contributed by atoms with Crippen LogP contribution in [-0.4, -0.2) is 10.9 Å². The Morgan fingerprint density at radius 1 is 0.867 bits per heavy atom. The van der Waals surface area contributed by atoms with Crippen molar-refractivity contribution in [3.8, 4) is 0 Å². The third kappa shape index (κ3) is 5.91. The number of nitrogens with one attached hydrogen (secondary N) is 1. The number of rotatable bonds is 7. The largest absolute Gasteiger partial charge is 0.364 e. The topological polar surface area (TPSA) is 15.3 Å². The first kappa shape index (κ1) is 29.4. The molecule has 0 amide bonds. The summed E-state index contributed by atoms with van der Waals surface area (Å²) in [6.07, 6.45) is 40.5. The van der Waals surface area contributed by atoms with E-state index in [1.165, 1.54) is 61.7 Å². The van der Waals surface area contributed by atoms with Crippen molar-refractivity contribution in [2.24, 2.45) is 11.8 Å².